The molecule has 0 spiro atoms. The van der Waals surface area contributed by atoms with E-state index >= 15 is 8.78 Å². The summed E-state index contributed by atoms with van der Waals surface area (Å²) in [4.78, 5) is 11.5. The van der Waals surface area contributed by atoms with Gasteiger partial charge in [-0.1, -0.05) is 36.4 Å². The van der Waals surface area contributed by atoms with E-state index in [9.17, 15) is 0 Å². The molecule has 1 aromatic heterocycles. The first-order chi connectivity index (χ1) is 16.7. The molecule has 3 aromatic carbocycles. The molecule has 0 unspecified atom stereocenters. The topological polar surface area (TPSA) is 35.2 Å². The summed E-state index contributed by atoms with van der Waals surface area (Å²) in [6.07, 6.45) is 5.42. The van der Waals surface area contributed by atoms with Gasteiger partial charge in [-0.05, 0) is 67.0 Å². The Bertz CT molecular complexity index is 1270. The number of aromatic amines is 1. The number of halogens is 2. The van der Waals surface area contributed by atoms with Gasteiger partial charge in [-0.2, -0.15) is 0 Å². The van der Waals surface area contributed by atoms with Crippen molar-refractivity contribution in [2.45, 2.75) is 37.6 Å². The second-order valence-electron chi connectivity index (χ2n) is 9.46. The molecule has 6 rings (SSSR count). The molecule has 0 saturated carbocycles. The van der Waals surface area contributed by atoms with E-state index in [2.05, 4.69) is 51.3 Å². The fraction of sp³-hybridized carbons (Fsp3) is 0.321. The maximum atomic E-state index is 15.3. The molecule has 0 aliphatic carbocycles. The summed E-state index contributed by atoms with van der Waals surface area (Å²) in [5.74, 6) is -0.497. The van der Waals surface area contributed by atoms with Gasteiger partial charge in [0.15, 0.2) is 11.6 Å². The number of benzene rings is 3. The Balaban J connectivity index is 1.22. The quantitative estimate of drug-likeness (QED) is 0.376. The maximum absolute atomic E-state index is 15.3. The molecule has 2 aliphatic heterocycles. The first-order valence-corrected chi connectivity index (χ1v) is 12.2. The Labute approximate surface area is 198 Å². The molecular weight excluding hydrogens is 430 g/mol. The van der Waals surface area contributed by atoms with Crippen molar-refractivity contribution in [3.63, 3.8) is 0 Å². The number of anilines is 2. The van der Waals surface area contributed by atoms with E-state index in [0.29, 0.717) is 24.7 Å². The average molecular weight is 459 g/mol. The lowest BCUT2D eigenvalue weighted by atomic mass is 9.89. The molecule has 0 bridgehead atoms. The standard InChI is InChI=1S/C28H28F2N4/c29-23-16-22(34-12-4-7-27(34)21-8-9-25-26(15-21)32-18-31-25)17-24(30)28(23)33-13-10-20(11-14-33)19-5-2-1-3-6-19/h1-3,5-6,8-9,15-18,20,27H,4,7,10-14H2,(H,31,32)/t27-/m1/s1. The lowest BCUT2D eigenvalue weighted by Crippen LogP contribution is -2.34. The van der Waals surface area contributed by atoms with Crippen LogP contribution in [0.4, 0.5) is 20.2 Å². The van der Waals surface area contributed by atoms with Crippen molar-refractivity contribution in [3.8, 4) is 0 Å². The van der Waals surface area contributed by atoms with Crippen molar-refractivity contribution in [1.29, 1.82) is 0 Å². The van der Waals surface area contributed by atoms with Crippen LogP contribution in [0.3, 0.4) is 0 Å². The van der Waals surface area contributed by atoms with Crippen LogP contribution in [0.15, 0.2) is 67.0 Å². The van der Waals surface area contributed by atoms with Gasteiger partial charge in [0.2, 0.25) is 0 Å². The summed E-state index contributed by atoms with van der Waals surface area (Å²) >= 11 is 0. The minimum Gasteiger partial charge on any atom is -0.367 e. The second kappa shape index (κ2) is 8.75. The lowest BCUT2D eigenvalue weighted by molar-refractivity contribution is 0.486. The highest BCUT2D eigenvalue weighted by Gasteiger charge is 2.30. The number of rotatable bonds is 4. The molecule has 4 nitrogen and oxygen atoms in total. The Morgan fingerprint density at radius 3 is 2.35 bits per heavy atom. The van der Waals surface area contributed by atoms with Gasteiger partial charge in [0, 0.05) is 25.3 Å². The normalized spacial score (nSPS) is 19.3. The third-order valence-corrected chi connectivity index (χ3v) is 7.50. The summed E-state index contributed by atoms with van der Waals surface area (Å²) < 4.78 is 30.7. The summed E-state index contributed by atoms with van der Waals surface area (Å²) in [6.45, 7) is 2.09. The Morgan fingerprint density at radius 1 is 0.824 bits per heavy atom. The summed E-state index contributed by atoms with van der Waals surface area (Å²) in [5, 5.41) is 0. The van der Waals surface area contributed by atoms with Crippen LogP contribution in [0.25, 0.3) is 11.0 Å². The molecule has 1 N–H and O–H groups in total. The molecule has 2 aliphatic rings. The highest BCUT2D eigenvalue weighted by molar-refractivity contribution is 5.75. The molecule has 1 atom stereocenters. The smallest absolute Gasteiger partial charge is 0.151 e. The zero-order chi connectivity index (χ0) is 23.1. The van der Waals surface area contributed by atoms with Crippen molar-refractivity contribution in [2.24, 2.45) is 0 Å². The number of nitrogens with one attached hydrogen (secondary N) is 1. The van der Waals surface area contributed by atoms with Gasteiger partial charge in [-0.3, -0.25) is 0 Å². The van der Waals surface area contributed by atoms with Gasteiger partial charge >= 0.3 is 0 Å². The molecule has 6 heteroatoms. The van der Waals surface area contributed by atoms with Crippen molar-refractivity contribution < 1.29 is 8.78 Å². The zero-order valence-corrected chi connectivity index (χ0v) is 19.1. The first-order valence-electron chi connectivity index (χ1n) is 12.2. The first kappa shape index (κ1) is 21.1. The summed E-state index contributed by atoms with van der Waals surface area (Å²) in [6, 6.07) is 19.7. The van der Waals surface area contributed by atoms with Gasteiger partial charge in [-0.15, -0.1) is 0 Å². The molecule has 34 heavy (non-hydrogen) atoms. The number of hydrogen-bond donors (Lipinski definition) is 1. The van der Waals surface area contributed by atoms with E-state index in [0.717, 1.165) is 48.8 Å². The van der Waals surface area contributed by atoms with Crippen molar-refractivity contribution in [1.82, 2.24) is 9.97 Å². The predicted molar refractivity (Wildman–Crippen MR) is 132 cm³/mol. The van der Waals surface area contributed by atoms with Gasteiger partial charge in [0.05, 0.1) is 23.4 Å². The molecule has 2 fully saturated rings. The highest BCUT2D eigenvalue weighted by atomic mass is 19.1. The Hall–Kier alpha value is -3.41. The van der Waals surface area contributed by atoms with Crippen LogP contribution in [0.2, 0.25) is 0 Å². The monoisotopic (exact) mass is 458 g/mol. The molecule has 2 saturated heterocycles. The molecule has 0 amide bonds. The van der Waals surface area contributed by atoms with Gasteiger partial charge < -0.3 is 14.8 Å². The lowest BCUT2D eigenvalue weighted by Gasteiger charge is -2.35. The largest absolute Gasteiger partial charge is 0.367 e. The third kappa shape index (κ3) is 3.81. The van der Waals surface area contributed by atoms with E-state index in [-0.39, 0.29) is 11.7 Å². The van der Waals surface area contributed by atoms with Crippen LogP contribution < -0.4 is 9.80 Å². The fourth-order valence-corrected chi connectivity index (χ4v) is 5.76. The van der Waals surface area contributed by atoms with Crippen LogP contribution in [-0.4, -0.2) is 29.6 Å². The molecule has 174 valence electrons. The predicted octanol–water partition coefficient (Wildman–Crippen LogP) is 6.57. The second-order valence-corrected chi connectivity index (χ2v) is 9.46. The minimum atomic E-state index is -0.471. The molecule has 3 heterocycles. The molecule has 4 aromatic rings. The van der Waals surface area contributed by atoms with Crippen molar-refractivity contribution in [3.05, 3.63) is 89.8 Å². The number of piperidine rings is 1. The number of H-pyrrole nitrogens is 1. The van der Waals surface area contributed by atoms with Crippen LogP contribution in [-0.2, 0) is 0 Å². The fourth-order valence-electron chi connectivity index (χ4n) is 5.76. The van der Waals surface area contributed by atoms with Gasteiger partial charge in [-0.25, -0.2) is 13.8 Å². The van der Waals surface area contributed by atoms with E-state index in [4.69, 9.17) is 0 Å². The summed E-state index contributed by atoms with van der Waals surface area (Å²) in [7, 11) is 0. The van der Waals surface area contributed by atoms with E-state index in [1.165, 1.54) is 17.7 Å². The minimum absolute atomic E-state index is 0.0902. The maximum Gasteiger partial charge on any atom is 0.151 e. The van der Waals surface area contributed by atoms with Gasteiger partial charge in [0.1, 0.15) is 5.69 Å². The van der Waals surface area contributed by atoms with Crippen molar-refractivity contribution in [2.75, 3.05) is 29.4 Å². The average Bonchev–Trinajstić information content (AvgIpc) is 3.54. The Kier molecular flexibility index (Phi) is 5.44. The van der Waals surface area contributed by atoms with Crippen LogP contribution in [0, 0.1) is 11.6 Å². The Morgan fingerprint density at radius 2 is 1.59 bits per heavy atom. The van der Waals surface area contributed by atoms with E-state index in [1.54, 1.807) is 6.33 Å². The summed E-state index contributed by atoms with van der Waals surface area (Å²) in [5.41, 5.74) is 5.07. The number of nitrogens with zero attached hydrogens (tertiary/aromatic N) is 3. The van der Waals surface area contributed by atoms with E-state index in [1.807, 2.05) is 17.0 Å². The number of hydrogen-bond acceptors (Lipinski definition) is 3. The molecule has 0 radical (unpaired) electrons. The van der Waals surface area contributed by atoms with Crippen LogP contribution in [0.1, 0.15) is 48.8 Å². The van der Waals surface area contributed by atoms with Crippen molar-refractivity contribution >= 4 is 22.4 Å². The van der Waals surface area contributed by atoms with Crippen LogP contribution >= 0.6 is 0 Å². The van der Waals surface area contributed by atoms with Gasteiger partial charge in [0.25, 0.3) is 0 Å². The third-order valence-electron chi connectivity index (χ3n) is 7.50. The molecular formula is C28H28F2N4. The highest BCUT2D eigenvalue weighted by Crippen LogP contribution is 2.40. The zero-order valence-electron chi connectivity index (χ0n) is 19.1. The SMILES string of the molecule is Fc1cc(N2CCC[C@@H]2c2ccc3[nH]cnc3c2)cc(F)c1N1CCC(c2ccccc2)CC1. The number of fused-ring (bicyclic) bond motifs is 1. The van der Waals surface area contributed by atoms with E-state index < -0.39 is 11.6 Å². The number of aromatic nitrogens is 2. The number of imidazole rings is 1. The van der Waals surface area contributed by atoms with Crippen LogP contribution in [0.5, 0.6) is 0 Å².